The van der Waals surface area contributed by atoms with E-state index in [0.717, 1.165) is 22.6 Å². The van der Waals surface area contributed by atoms with Crippen LogP contribution in [0.25, 0.3) is 0 Å². The largest absolute Gasteiger partial charge is 0.491 e. The number of hydrogen-bond donors (Lipinski definition) is 0. The van der Waals surface area contributed by atoms with Crippen LogP contribution in [0, 0.1) is 0 Å². The van der Waals surface area contributed by atoms with Crippen molar-refractivity contribution in [2.24, 2.45) is 0 Å². The number of rotatable bonds is 0. The van der Waals surface area contributed by atoms with E-state index in [-0.39, 0.29) is 0 Å². The van der Waals surface area contributed by atoms with E-state index in [0.29, 0.717) is 0 Å². The lowest BCUT2D eigenvalue weighted by molar-refractivity contribution is -0.191. The predicted octanol–water partition coefficient (Wildman–Crippen LogP) is 1.65. The average molecular weight is 268 g/mol. The Bertz CT molecular complexity index is 163. The molecule has 10 heavy (non-hydrogen) atoms. The maximum Gasteiger partial charge on any atom is 0.491 e. The molecule has 0 saturated carbocycles. The van der Waals surface area contributed by atoms with Crippen LogP contribution < -0.4 is 0 Å². The van der Waals surface area contributed by atoms with Crippen molar-refractivity contribution in [3.8, 4) is 0 Å². The fraction of sp³-hybridized carbons (Fsp3) is 0.333. The van der Waals surface area contributed by atoms with Gasteiger partial charge in [0.2, 0.25) is 0 Å². The van der Waals surface area contributed by atoms with Gasteiger partial charge in [-0.05, 0) is 0 Å². The lowest BCUT2D eigenvalue weighted by Crippen LogP contribution is -2.25. The highest BCUT2D eigenvalue weighted by Crippen LogP contribution is 2.17. The summed E-state index contributed by atoms with van der Waals surface area (Å²) in [6, 6.07) is 0. The number of hydrogen-bond acceptors (Lipinski definition) is 3. The van der Waals surface area contributed by atoms with Crippen LogP contribution in [-0.2, 0) is 9.53 Å². The predicted molar refractivity (Wildman–Crippen MR) is 31.6 cm³/mol. The van der Waals surface area contributed by atoms with Gasteiger partial charge in [0.1, 0.15) is 0 Å². The first-order chi connectivity index (χ1) is 4.34. The van der Waals surface area contributed by atoms with Crippen molar-refractivity contribution in [2.75, 3.05) is 0 Å². The zero-order valence-corrected chi connectivity index (χ0v) is 6.39. The summed E-state index contributed by atoms with van der Waals surface area (Å²) in [4.78, 5) is 19.4. The molecule has 0 aliphatic heterocycles. The fourth-order valence-electron chi connectivity index (χ4n) is 0.131. The van der Waals surface area contributed by atoms with Crippen LogP contribution in [0.2, 0.25) is 0 Å². The topological polar surface area (TPSA) is 43.4 Å². The van der Waals surface area contributed by atoms with Gasteiger partial charge in [0.15, 0.2) is 0 Å². The standard InChI is InChI=1S/C3F3IO3/c4-3(5,6)1(8)10-2(7)9. The summed E-state index contributed by atoms with van der Waals surface area (Å²) in [7, 11) is 0. The number of carbonyl (C=O) groups is 2. The monoisotopic (exact) mass is 268 g/mol. The smallest absolute Gasteiger partial charge is 0.379 e. The van der Waals surface area contributed by atoms with Gasteiger partial charge in [-0.15, -0.1) is 0 Å². The minimum Gasteiger partial charge on any atom is -0.379 e. The first-order valence-corrected chi connectivity index (χ1v) is 2.90. The van der Waals surface area contributed by atoms with Gasteiger partial charge < -0.3 is 4.74 Å². The summed E-state index contributed by atoms with van der Waals surface area (Å²) in [6.07, 6.45) is -5.10. The molecular formula is C3F3IO3. The molecular weight excluding hydrogens is 268 g/mol. The molecule has 7 heteroatoms. The van der Waals surface area contributed by atoms with Crippen LogP contribution in [0.15, 0.2) is 0 Å². The average Bonchev–Trinajstić information content (AvgIpc) is 1.60. The molecule has 0 N–H and O–H groups in total. The number of alkyl halides is 3. The molecule has 0 rings (SSSR count). The van der Waals surface area contributed by atoms with Crippen LogP contribution in [0.5, 0.6) is 0 Å². The third-order valence-corrected chi connectivity index (χ3v) is 0.625. The van der Waals surface area contributed by atoms with Crippen LogP contribution in [0.4, 0.5) is 18.0 Å². The summed E-state index contributed by atoms with van der Waals surface area (Å²) in [5.74, 6) is -2.49. The van der Waals surface area contributed by atoms with Gasteiger partial charge in [-0.25, -0.2) is 9.59 Å². The van der Waals surface area contributed by atoms with Gasteiger partial charge in [-0.1, -0.05) is 0 Å². The van der Waals surface area contributed by atoms with Crippen LogP contribution in [0.3, 0.4) is 0 Å². The molecule has 0 aromatic carbocycles. The molecule has 0 aliphatic carbocycles. The molecule has 0 aromatic heterocycles. The number of ether oxygens (including phenoxy) is 1. The lowest BCUT2D eigenvalue weighted by atomic mass is 10.7. The molecule has 0 bridgehead atoms. The second-order valence-electron chi connectivity index (χ2n) is 1.12. The zero-order chi connectivity index (χ0) is 8.36. The first-order valence-electron chi connectivity index (χ1n) is 1.82. The summed E-state index contributed by atoms with van der Waals surface area (Å²) in [5, 5.41) is 0. The van der Waals surface area contributed by atoms with Crippen molar-refractivity contribution in [2.45, 2.75) is 6.18 Å². The highest BCUT2D eigenvalue weighted by atomic mass is 127. The Labute approximate surface area is 66.7 Å². The molecule has 0 amide bonds. The number of halogens is 4. The Morgan fingerprint density at radius 3 is 1.80 bits per heavy atom. The Balaban J connectivity index is 3.99. The van der Waals surface area contributed by atoms with Crippen molar-refractivity contribution in [3.63, 3.8) is 0 Å². The molecule has 0 spiro atoms. The summed E-state index contributed by atoms with van der Waals surface area (Å²) in [5.41, 5.74) is 0. The van der Waals surface area contributed by atoms with Crippen LogP contribution >= 0.6 is 22.6 Å². The van der Waals surface area contributed by atoms with E-state index in [1.165, 1.54) is 0 Å². The van der Waals surface area contributed by atoms with E-state index in [1.807, 2.05) is 0 Å². The summed E-state index contributed by atoms with van der Waals surface area (Å²) >= 11 is 0.916. The van der Waals surface area contributed by atoms with Crippen molar-refractivity contribution in [1.29, 1.82) is 0 Å². The van der Waals surface area contributed by atoms with E-state index < -0.39 is 16.1 Å². The van der Waals surface area contributed by atoms with Crippen LogP contribution in [-0.4, -0.2) is 16.1 Å². The third-order valence-electron chi connectivity index (χ3n) is 0.404. The SMILES string of the molecule is O=C(I)OC(=O)C(F)(F)F. The quantitative estimate of drug-likeness (QED) is 0.290. The molecule has 58 valence electrons. The fourth-order valence-corrected chi connectivity index (χ4v) is 0.331. The highest BCUT2D eigenvalue weighted by Gasteiger charge is 2.42. The van der Waals surface area contributed by atoms with E-state index in [1.54, 1.807) is 0 Å². The van der Waals surface area contributed by atoms with Gasteiger partial charge in [-0.2, -0.15) is 13.2 Å². The first kappa shape index (κ1) is 9.66. The van der Waals surface area contributed by atoms with Gasteiger partial charge in [0.25, 0.3) is 0 Å². The summed E-state index contributed by atoms with van der Waals surface area (Å²) < 4.78 is 35.4. The molecule has 3 nitrogen and oxygen atoms in total. The molecule has 0 heterocycles. The van der Waals surface area contributed by atoms with E-state index in [2.05, 4.69) is 4.74 Å². The minimum absolute atomic E-state index is 0.916. The number of carbonyl (C=O) groups excluding carboxylic acids is 2. The second-order valence-corrected chi connectivity index (χ2v) is 2.01. The van der Waals surface area contributed by atoms with Gasteiger partial charge in [0.05, 0.1) is 22.6 Å². The summed E-state index contributed by atoms with van der Waals surface area (Å²) in [6.45, 7) is 0. The molecule has 0 fully saturated rings. The third kappa shape index (κ3) is 3.64. The molecule has 0 aliphatic rings. The highest BCUT2D eigenvalue weighted by molar-refractivity contribution is 14.1. The zero-order valence-electron chi connectivity index (χ0n) is 4.24. The van der Waals surface area contributed by atoms with Gasteiger partial charge in [-0.3, -0.25) is 0 Å². The molecule has 0 aromatic rings. The van der Waals surface area contributed by atoms with E-state index >= 15 is 0 Å². The van der Waals surface area contributed by atoms with E-state index in [4.69, 9.17) is 0 Å². The van der Waals surface area contributed by atoms with E-state index in [9.17, 15) is 22.8 Å². The maximum absolute atomic E-state index is 11.2. The lowest BCUT2D eigenvalue weighted by Gasteiger charge is -2.00. The molecule has 0 atom stereocenters. The van der Waals surface area contributed by atoms with Crippen molar-refractivity contribution in [3.05, 3.63) is 0 Å². The Hall–Kier alpha value is -0.340. The van der Waals surface area contributed by atoms with Gasteiger partial charge >= 0.3 is 16.1 Å². The van der Waals surface area contributed by atoms with Crippen molar-refractivity contribution >= 4 is 32.5 Å². The van der Waals surface area contributed by atoms with Crippen molar-refractivity contribution < 1.29 is 27.5 Å². The second kappa shape index (κ2) is 3.17. The molecule has 0 unspecified atom stereocenters. The molecule has 0 radical (unpaired) electrons. The normalized spacial score (nSPS) is 10.8. The Morgan fingerprint density at radius 2 is 1.70 bits per heavy atom. The van der Waals surface area contributed by atoms with Gasteiger partial charge in [0, 0.05) is 0 Å². The Kier molecular flexibility index (Phi) is 3.06. The number of esters is 1. The molecule has 0 saturated heterocycles. The Morgan fingerprint density at radius 1 is 1.30 bits per heavy atom. The minimum atomic E-state index is -5.10. The van der Waals surface area contributed by atoms with Crippen molar-refractivity contribution in [1.82, 2.24) is 0 Å². The van der Waals surface area contributed by atoms with Crippen LogP contribution in [0.1, 0.15) is 0 Å². The maximum atomic E-state index is 11.2.